The highest BCUT2D eigenvalue weighted by Gasteiger charge is 2.11. The Balaban J connectivity index is 1.64. The van der Waals surface area contributed by atoms with Gasteiger partial charge in [0.2, 0.25) is 0 Å². The van der Waals surface area contributed by atoms with Gasteiger partial charge >= 0.3 is 5.91 Å². The number of carbonyl (C=O) groups excluding carboxylic acids is 1. The lowest BCUT2D eigenvalue weighted by atomic mass is 10.2. The lowest BCUT2D eigenvalue weighted by Gasteiger charge is -2.03. The summed E-state index contributed by atoms with van der Waals surface area (Å²) < 4.78 is 11.0. The second-order valence-electron chi connectivity index (χ2n) is 5.11. The summed E-state index contributed by atoms with van der Waals surface area (Å²) in [5.41, 5.74) is 4.08. The lowest BCUT2D eigenvalue weighted by molar-refractivity contribution is 0.0928. The monoisotopic (exact) mass is 335 g/mol. The Bertz CT molecular complexity index is 855. The third-order valence-corrected chi connectivity index (χ3v) is 3.34. The predicted molar refractivity (Wildman–Crippen MR) is 94.6 cm³/mol. The lowest BCUT2D eigenvalue weighted by Crippen LogP contribution is -2.16. The second kappa shape index (κ2) is 7.92. The summed E-state index contributed by atoms with van der Waals surface area (Å²) in [6, 6.07) is 14.5. The minimum atomic E-state index is -0.419. The van der Waals surface area contributed by atoms with Gasteiger partial charge in [-0.05, 0) is 49.4 Å². The smallest absolute Gasteiger partial charge is 0.307 e. The molecule has 0 spiro atoms. The molecule has 0 radical (unpaired) electrons. The van der Waals surface area contributed by atoms with Crippen LogP contribution in [0.3, 0.4) is 0 Å². The Kier molecular flexibility index (Phi) is 5.21. The first-order chi connectivity index (χ1) is 12.3. The van der Waals surface area contributed by atoms with Crippen LogP contribution in [0, 0.1) is 0 Å². The van der Waals surface area contributed by atoms with Gasteiger partial charge in [0.15, 0.2) is 5.76 Å². The number of pyridine rings is 1. The van der Waals surface area contributed by atoms with Crippen molar-refractivity contribution in [2.45, 2.75) is 6.92 Å². The molecule has 0 bridgehead atoms. The molecule has 0 unspecified atom stereocenters. The Morgan fingerprint density at radius 1 is 1.24 bits per heavy atom. The van der Waals surface area contributed by atoms with Gasteiger partial charge in [-0.2, -0.15) is 5.10 Å². The maximum absolute atomic E-state index is 12.1. The summed E-state index contributed by atoms with van der Waals surface area (Å²) in [6.07, 6.45) is 4.83. The van der Waals surface area contributed by atoms with Crippen LogP contribution in [0.25, 0.3) is 11.3 Å². The van der Waals surface area contributed by atoms with Crippen LogP contribution in [0.2, 0.25) is 0 Å². The van der Waals surface area contributed by atoms with Crippen molar-refractivity contribution in [2.75, 3.05) is 6.61 Å². The number of carbonyl (C=O) groups is 1. The number of nitrogens with zero attached hydrogens (tertiary/aromatic N) is 2. The average Bonchev–Trinajstić information content (AvgIpc) is 3.14. The number of benzene rings is 1. The fourth-order valence-corrected chi connectivity index (χ4v) is 2.17. The Labute approximate surface area is 145 Å². The van der Waals surface area contributed by atoms with Crippen molar-refractivity contribution >= 4 is 12.1 Å². The van der Waals surface area contributed by atoms with E-state index in [1.54, 1.807) is 30.6 Å². The molecule has 3 rings (SSSR count). The normalized spacial score (nSPS) is 10.8. The molecule has 0 aliphatic rings. The number of nitrogens with one attached hydrogen (secondary N) is 1. The van der Waals surface area contributed by atoms with Crippen molar-refractivity contribution in [3.05, 3.63) is 72.2 Å². The van der Waals surface area contributed by atoms with Crippen molar-refractivity contribution in [3.8, 4) is 17.1 Å². The Hall–Kier alpha value is -3.41. The average molecular weight is 335 g/mol. The predicted octanol–water partition coefficient (Wildman–Crippen LogP) is 3.50. The van der Waals surface area contributed by atoms with E-state index in [1.165, 1.54) is 6.21 Å². The van der Waals surface area contributed by atoms with Crippen LogP contribution < -0.4 is 10.2 Å². The molecule has 1 N–H and O–H groups in total. The molecule has 2 heterocycles. The molecule has 25 heavy (non-hydrogen) atoms. The van der Waals surface area contributed by atoms with Crippen molar-refractivity contribution < 1.29 is 13.9 Å². The fraction of sp³-hybridized carbons (Fsp3) is 0.105. The minimum absolute atomic E-state index is 0.187. The van der Waals surface area contributed by atoms with Gasteiger partial charge in [0, 0.05) is 23.5 Å². The molecular weight excluding hydrogens is 318 g/mol. The largest absolute Gasteiger partial charge is 0.494 e. The molecular formula is C19H17N3O3. The zero-order valence-corrected chi connectivity index (χ0v) is 13.7. The highest BCUT2D eigenvalue weighted by atomic mass is 16.5. The molecule has 0 fully saturated rings. The third kappa shape index (κ3) is 4.32. The quantitative estimate of drug-likeness (QED) is 0.552. The molecule has 0 aliphatic heterocycles. The molecule has 6 nitrogen and oxygen atoms in total. The maximum atomic E-state index is 12.1. The number of hydrazone groups is 1. The van der Waals surface area contributed by atoms with Crippen LogP contribution >= 0.6 is 0 Å². The van der Waals surface area contributed by atoms with Gasteiger partial charge in [-0.25, -0.2) is 5.43 Å². The van der Waals surface area contributed by atoms with E-state index < -0.39 is 5.91 Å². The SMILES string of the molecule is CCOc1ccc(-c2ccc(C(=O)NN=Cc3cccnc3)o2)cc1. The fourth-order valence-electron chi connectivity index (χ4n) is 2.17. The van der Waals surface area contributed by atoms with E-state index in [4.69, 9.17) is 9.15 Å². The van der Waals surface area contributed by atoms with Crippen molar-refractivity contribution in [1.29, 1.82) is 0 Å². The number of amides is 1. The summed E-state index contributed by atoms with van der Waals surface area (Å²) in [4.78, 5) is 16.0. The van der Waals surface area contributed by atoms with E-state index in [-0.39, 0.29) is 5.76 Å². The van der Waals surface area contributed by atoms with Crippen LogP contribution in [-0.4, -0.2) is 23.7 Å². The highest BCUT2D eigenvalue weighted by Crippen LogP contribution is 2.24. The summed E-state index contributed by atoms with van der Waals surface area (Å²) in [5, 5.41) is 3.89. The molecule has 3 aromatic rings. The molecule has 1 amide bonds. The second-order valence-corrected chi connectivity index (χ2v) is 5.11. The molecule has 0 saturated heterocycles. The summed E-state index contributed by atoms with van der Waals surface area (Å²) in [6.45, 7) is 2.55. The van der Waals surface area contributed by atoms with E-state index in [2.05, 4.69) is 15.5 Å². The van der Waals surface area contributed by atoms with Gasteiger partial charge < -0.3 is 9.15 Å². The van der Waals surface area contributed by atoms with Gasteiger partial charge in [-0.15, -0.1) is 0 Å². The third-order valence-electron chi connectivity index (χ3n) is 3.34. The summed E-state index contributed by atoms with van der Waals surface area (Å²) >= 11 is 0. The topological polar surface area (TPSA) is 76.7 Å². The number of rotatable bonds is 6. The number of hydrogen-bond donors (Lipinski definition) is 1. The maximum Gasteiger partial charge on any atom is 0.307 e. The van der Waals surface area contributed by atoms with Gasteiger partial charge in [-0.3, -0.25) is 9.78 Å². The standard InChI is InChI=1S/C19H17N3O3/c1-2-24-16-7-5-15(6-8-16)17-9-10-18(25-17)19(23)22-21-13-14-4-3-11-20-12-14/h3-13H,2H2,1H3,(H,22,23). The first-order valence-corrected chi connectivity index (χ1v) is 7.83. The van der Waals surface area contributed by atoms with E-state index in [0.29, 0.717) is 12.4 Å². The Morgan fingerprint density at radius 2 is 2.08 bits per heavy atom. The highest BCUT2D eigenvalue weighted by molar-refractivity contribution is 5.92. The first kappa shape index (κ1) is 16.4. The van der Waals surface area contributed by atoms with Crippen LogP contribution in [0.4, 0.5) is 0 Å². The van der Waals surface area contributed by atoms with E-state index >= 15 is 0 Å². The summed E-state index contributed by atoms with van der Waals surface area (Å²) in [5.74, 6) is 1.16. The molecule has 0 saturated carbocycles. The Morgan fingerprint density at radius 3 is 2.80 bits per heavy atom. The van der Waals surface area contributed by atoms with Crippen LogP contribution in [-0.2, 0) is 0 Å². The van der Waals surface area contributed by atoms with Gasteiger partial charge in [0.05, 0.1) is 12.8 Å². The summed E-state index contributed by atoms with van der Waals surface area (Å²) in [7, 11) is 0. The molecule has 126 valence electrons. The molecule has 0 atom stereocenters. The molecule has 6 heteroatoms. The van der Waals surface area contributed by atoms with Gasteiger partial charge in [0.25, 0.3) is 0 Å². The molecule has 0 aliphatic carbocycles. The minimum Gasteiger partial charge on any atom is -0.494 e. The van der Waals surface area contributed by atoms with Gasteiger partial charge in [-0.1, -0.05) is 6.07 Å². The molecule has 1 aromatic carbocycles. The first-order valence-electron chi connectivity index (χ1n) is 7.83. The molecule has 2 aromatic heterocycles. The number of aromatic nitrogens is 1. The van der Waals surface area contributed by atoms with E-state index in [1.807, 2.05) is 37.3 Å². The zero-order valence-electron chi connectivity index (χ0n) is 13.7. The van der Waals surface area contributed by atoms with Gasteiger partial charge in [0.1, 0.15) is 11.5 Å². The van der Waals surface area contributed by atoms with Crippen LogP contribution in [0.15, 0.2) is 70.4 Å². The number of furan rings is 1. The van der Waals surface area contributed by atoms with Crippen molar-refractivity contribution in [3.63, 3.8) is 0 Å². The van der Waals surface area contributed by atoms with E-state index in [9.17, 15) is 4.79 Å². The zero-order chi connectivity index (χ0) is 17.5. The van der Waals surface area contributed by atoms with Crippen LogP contribution in [0.5, 0.6) is 5.75 Å². The van der Waals surface area contributed by atoms with Crippen molar-refractivity contribution in [1.82, 2.24) is 10.4 Å². The number of hydrogen-bond acceptors (Lipinski definition) is 5. The van der Waals surface area contributed by atoms with Crippen molar-refractivity contribution in [2.24, 2.45) is 5.10 Å². The van der Waals surface area contributed by atoms with Crippen LogP contribution in [0.1, 0.15) is 23.0 Å². The van der Waals surface area contributed by atoms with E-state index in [0.717, 1.165) is 16.9 Å². The number of ether oxygens (including phenoxy) is 1.